The number of hydrogen-bond donors (Lipinski definition) is 2. The van der Waals surface area contributed by atoms with E-state index in [1.165, 1.54) is 0 Å². The van der Waals surface area contributed by atoms with E-state index in [9.17, 15) is 9.59 Å². The Kier molecular flexibility index (Phi) is 4.82. The van der Waals surface area contributed by atoms with E-state index in [1.54, 1.807) is 30.5 Å². The molecule has 1 heterocycles. The third-order valence-electron chi connectivity index (χ3n) is 3.52. The lowest BCUT2D eigenvalue weighted by molar-refractivity contribution is -0.146. The number of amides is 1. The molecule has 0 bridgehead atoms. The van der Waals surface area contributed by atoms with Gasteiger partial charge in [0.05, 0.1) is 17.1 Å². The molecule has 0 atom stereocenters. The molecule has 5 nitrogen and oxygen atoms in total. The minimum absolute atomic E-state index is 0.101. The number of aromatic amines is 1. The number of rotatable bonds is 5. The van der Waals surface area contributed by atoms with Crippen LogP contribution in [0.5, 0.6) is 0 Å². The number of para-hydroxylation sites is 2. The van der Waals surface area contributed by atoms with Gasteiger partial charge in [-0.1, -0.05) is 41.9 Å². The summed E-state index contributed by atoms with van der Waals surface area (Å²) in [7, 11) is 0. The number of nitrogens with one attached hydrogen (secondary N) is 2. The van der Waals surface area contributed by atoms with Gasteiger partial charge in [-0.25, -0.2) is 0 Å². The summed E-state index contributed by atoms with van der Waals surface area (Å²) in [6, 6.07) is 14.5. The van der Waals surface area contributed by atoms with Gasteiger partial charge < -0.3 is 15.0 Å². The Bertz CT molecular complexity index is 889. The lowest BCUT2D eigenvalue weighted by atomic mass is 10.1. The highest BCUT2D eigenvalue weighted by molar-refractivity contribution is 6.33. The van der Waals surface area contributed by atoms with Gasteiger partial charge in [-0.3, -0.25) is 9.59 Å². The maximum Gasteiger partial charge on any atom is 0.310 e. The number of carbonyl (C=O) groups is 2. The van der Waals surface area contributed by atoms with Gasteiger partial charge in [-0.15, -0.1) is 0 Å². The second-order valence-corrected chi connectivity index (χ2v) is 5.63. The Balaban J connectivity index is 1.54. The summed E-state index contributed by atoms with van der Waals surface area (Å²) in [5.41, 5.74) is 2.27. The minimum Gasteiger partial charge on any atom is -0.455 e. The van der Waals surface area contributed by atoms with Gasteiger partial charge in [0.25, 0.3) is 5.91 Å². The second-order valence-electron chi connectivity index (χ2n) is 5.22. The number of esters is 1. The molecule has 0 saturated heterocycles. The van der Waals surface area contributed by atoms with E-state index in [4.69, 9.17) is 16.3 Å². The van der Waals surface area contributed by atoms with Crippen LogP contribution in [-0.4, -0.2) is 23.5 Å². The highest BCUT2D eigenvalue weighted by Gasteiger charge is 2.12. The van der Waals surface area contributed by atoms with Crippen LogP contribution in [0.15, 0.2) is 54.7 Å². The van der Waals surface area contributed by atoms with Crippen LogP contribution in [0.1, 0.15) is 5.56 Å². The molecule has 0 spiro atoms. The van der Waals surface area contributed by atoms with Crippen molar-refractivity contribution >= 4 is 40.1 Å². The zero-order chi connectivity index (χ0) is 16.9. The Hall–Kier alpha value is -2.79. The minimum atomic E-state index is -0.464. The molecule has 24 heavy (non-hydrogen) atoms. The van der Waals surface area contributed by atoms with Crippen LogP contribution >= 0.6 is 11.6 Å². The van der Waals surface area contributed by atoms with E-state index < -0.39 is 11.9 Å². The van der Waals surface area contributed by atoms with E-state index >= 15 is 0 Å². The summed E-state index contributed by atoms with van der Waals surface area (Å²) in [5, 5.41) is 3.99. The first-order valence-electron chi connectivity index (χ1n) is 7.38. The smallest absolute Gasteiger partial charge is 0.310 e. The molecule has 0 aliphatic rings. The van der Waals surface area contributed by atoms with Gasteiger partial charge in [0, 0.05) is 17.1 Å². The third-order valence-corrected chi connectivity index (χ3v) is 3.85. The molecule has 1 aromatic heterocycles. The van der Waals surface area contributed by atoms with Crippen molar-refractivity contribution in [2.24, 2.45) is 0 Å². The third kappa shape index (κ3) is 3.75. The number of carbonyl (C=O) groups excluding carboxylic acids is 2. The van der Waals surface area contributed by atoms with Crippen LogP contribution in [0.3, 0.4) is 0 Å². The number of hydrogen-bond acceptors (Lipinski definition) is 3. The number of aromatic nitrogens is 1. The summed E-state index contributed by atoms with van der Waals surface area (Å²) in [6.45, 7) is -0.355. The Morgan fingerprint density at radius 2 is 1.83 bits per heavy atom. The molecule has 122 valence electrons. The van der Waals surface area contributed by atoms with E-state index in [-0.39, 0.29) is 13.0 Å². The number of benzene rings is 2. The van der Waals surface area contributed by atoms with Gasteiger partial charge in [0.15, 0.2) is 6.61 Å². The van der Waals surface area contributed by atoms with Crippen LogP contribution in [0.2, 0.25) is 5.02 Å². The fourth-order valence-corrected chi connectivity index (χ4v) is 2.56. The quantitative estimate of drug-likeness (QED) is 0.697. The molecule has 0 radical (unpaired) electrons. The van der Waals surface area contributed by atoms with E-state index in [0.29, 0.717) is 10.7 Å². The molecular formula is C18H15ClN2O3. The van der Waals surface area contributed by atoms with Gasteiger partial charge in [-0.2, -0.15) is 0 Å². The monoisotopic (exact) mass is 342 g/mol. The number of H-pyrrole nitrogens is 1. The molecular weight excluding hydrogens is 328 g/mol. The molecule has 0 unspecified atom stereocenters. The van der Waals surface area contributed by atoms with E-state index in [2.05, 4.69) is 10.3 Å². The Morgan fingerprint density at radius 1 is 1.08 bits per heavy atom. The molecule has 1 amide bonds. The van der Waals surface area contributed by atoms with Gasteiger partial charge in [0.2, 0.25) is 0 Å². The maximum atomic E-state index is 11.9. The van der Waals surface area contributed by atoms with Crippen molar-refractivity contribution in [3.63, 3.8) is 0 Å². The van der Waals surface area contributed by atoms with Crippen molar-refractivity contribution in [2.75, 3.05) is 11.9 Å². The van der Waals surface area contributed by atoms with Crippen molar-refractivity contribution < 1.29 is 14.3 Å². The fraction of sp³-hybridized carbons (Fsp3) is 0.111. The topological polar surface area (TPSA) is 71.2 Å². The van der Waals surface area contributed by atoms with Gasteiger partial charge in [0.1, 0.15) is 0 Å². The number of fused-ring (bicyclic) bond motifs is 1. The zero-order valence-electron chi connectivity index (χ0n) is 12.7. The van der Waals surface area contributed by atoms with Crippen molar-refractivity contribution in [1.82, 2.24) is 4.98 Å². The first-order valence-corrected chi connectivity index (χ1v) is 7.76. The predicted molar refractivity (Wildman–Crippen MR) is 93.0 cm³/mol. The van der Waals surface area contributed by atoms with E-state index in [1.807, 2.05) is 24.3 Å². The first-order chi connectivity index (χ1) is 11.6. The molecule has 3 rings (SSSR count). The molecule has 0 saturated carbocycles. The Labute approximate surface area is 143 Å². The fourth-order valence-electron chi connectivity index (χ4n) is 2.38. The highest BCUT2D eigenvalue weighted by atomic mass is 35.5. The second kappa shape index (κ2) is 7.19. The standard InChI is InChI=1S/C18H15ClN2O3/c19-14-6-2-4-8-16(14)21-17(22)11-24-18(23)9-12-10-20-15-7-3-1-5-13(12)15/h1-8,10,20H,9,11H2,(H,21,22). The van der Waals surface area contributed by atoms with Crippen LogP contribution in [0, 0.1) is 0 Å². The predicted octanol–water partition coefficient (Wildman–Crippen LogP) is 3.55. The number of ether oxygens (including phenoxy) is 1. The maximum absolute atomic E-state index is 11.9. The lowest BCUT2D eigenvalue weighted by Gasteiger charge is -2.07. The van der Waals surface area contributed by atoms with Crippen molar-refractivity contribution in [3.8, 4) is 0 Å². The lowest BCUT2D eigenvalue weighted by Crippen LogP contribution is -2.21. The molecule has 0 aliphatic carbocycles. The molecule has 6 heteroatoms. The van der Waals surface area contributed by atoms with Crippen molar-refractivity contribution in [1.29, 1.82) is 0 Å². The molecule has 0 aliphatic heterocycles. The first kappa shape index (κ1) is 16.1. The molecule has 0 fully saturated rings. The van der Waals surface area contributed by atoms with Gasteiger partial charge >= 0.3 is 5.97 Å². The van der Waals surface area contributed by atoms with E-state index in [0.717, 1.165) is 16.5 Å². The average molecular weight is 343 g/mol. The van der Waals surface area contributed by atoms with Crippen molar-refractivity contribution in [2.45, 2.75) is 6.42 Å². The zero-order valence-corrected chi connectivity index (χ0v) is 13.5. The normalized spacial score (nSPS) is 10.5. The van der Waals surface area contributed by atoms with Crippen molar-refractivity contribution in [3.05, 3.63) is 65.3 Å². The Morgan fingerprint density at radius 3 is 2.67 bits per heavy atom. The molecule has 2 N–H and O–H groups in total. The van der Waals surface area contributed by atoms with Crippen LogP contribution in [-0.2, 0) is 20.7 Å². The molecule has 2 aromatic carbocycles. The number of halogens is 1. The molecule has 3 aromatic rings. The summed E-state index contributed by atoms with van der Waals surface area (Å²) >= 11 is 5.96. The van der Waals surface area contributed by atoms with Crippen LogP contribution in [0.4, 0.5) is 5.69 Å². The summed E-state index contributed by atoms with van der Waals surface area (Å²) < 4.78 is 5.03. The summed E-state index contributed by atoms with van der Waals surface area (Å²) in [4.78, 5) is 26.9. The van der Waals surface area contributed by atoms with Crippen LogP contribution in [0.25, 0.3) is 10.9 Å². The van der Waals surface area contributed by atoms with Crippen LogP contribution < -0.4 is 5.32 Å². The van der Waals surface area contributed by atoms with Gasteiger partial charge in [-0.05, 0) is 23.8 Å². The highest BCUT2D eigenvalue weighted by Crippen LogP contribution is 2.20. The SMILES string of the molecule is O=C(COC(=O)Cc1c[nH]c2ccccc12)Nc1ccccc1Cl. The number of anilines is 1. The average Bonchev–Trinajstić information content (AvgIpc) is 2.98. The summed E-state index contributed by atoms with van der Waals surface area (Å²) in [6.07, 6.45) is 1.87. The summed E-state index contributed by atoms with van der Waals surface area (Å²) in [5.74, 6) is -0.899. The largest absolute Gasteiger partial charge is 0.455 e.